The highest BCUT2D eigenvalue weighted by molar-refractivity contribution is 7.95. The Morgan fingerprint density at radius 3 is 2.66 bits per heavy atom. The van der Waals surface area contributed by atoms with Gasteiger partial charge in [-0.3, -0.25) is 9.59 Å². The van der Waals surface area contributed by atoms with Crippen molar-refractivity contribution >= 4 is 27.3 Å². The number of allylic oxidation sites excluding steroid dienone is 3. The number of anilines is 1. The van der Waals surface area contributed by atoms with E-state index in [2.05, 4.69) is 20.5 Å². The Hall–Kier alpha value is -3.40. The molecule has 2 atom stereocenters. The number of hydrogen-bond acceptors (Lipinski definition) is 8. The largest absolute Gasteiger partial charge is 0.480 e. The van der Waals surface area contributed by atoms with Crippen molar-refractivity contribution in [2.75, 3.05) is 18.2 Å². The molecule has 2 aromatic rings. The number of ether oxygens (including phenoxy) is 1. The molecule has 0 bridgehead atoms. The number of carbonyl (C=O) groups excluding carboxylic acids is 2. The Morgan fingerprint density at radius 1 is 1.23 bits per heavy atom. The van der Waals surface area contributed by atoms with E-state index in [4.69, 9.17) is 4.74 Å². The van der Waals surface area contributed by atoms with Crippen molar-refractivity contribution in [1.29, 1.82) is 0 Å². The van der Waals surface area contributed by atoms with Crippen LogP contribution in [0.2, 0.25) is 0 Å². The number of ketones is 1. The number of aryl methyl sites for hydroxylation is 1. The second kappa shape index (κ2) is 9.69. The summed E-state index contributed by atoms with van der Waals surface area (Å²) < 4.78 is 29.0. The van der Waals surface area contributed by atoms with Gasteiger partial charge in [0.05, 0.1) is 34.6 Å². The van der Waals surface area contributed by atoms with Crippen LogP contribution in [0.3, 0.4) is 0 Å². The molecule has 4 rings (SSSR count). The van der Waals surface area contributed by atoms with Crippen LogP contribution in [0.5, 0.6) is 5.88 Å². The van der Waals surface area contributed by atoms with Gasteiger partial charge in [-0.2, -0.15) is 5.10 Å². The number of hydrogen-bond donors (Lipinski definition) is 1. The quantitative estimate of drug-likeness (QED) is 0.619. The van der Waals surface area contributed by atoms with Crippen molar-refractivity contribution in [1.82, 2.24) is 15.2 Å². The van der Waals surface area contributed by atoms with Crippen LogP contribution >= 0.6 is 0 Å². The van der Waals surface area contributed by atoms with Crippen molar-refractivity contribution in [3.63, 3.8) is 0 Å². The normalized spacial score (nSPS) is 21.7. The molecule has 1 N–H and O–H groups in total. The average Bonchev–Trinajstić information content (AvgIpc) is 2.86. The second-order valence-electron chi connectivity index (χ2n) is 8.93. The van der Waals surface area contributed by atoms with Crippen molar-refractivity contribution in [3.8, 4) is 5.88 Å². The van der Waals surface area contributed by atoms with E-state index in [1.807, 2.05) is 6.92 Å². The third kappa shape index (κ3) is 5.02. The first-order valence-corrected chi connectivity index (χ1v) is 13.2. The topological polar surface area (TPSA) is 128 Å². The first kappa shape index (κ1) is 24.7. The summed E-state index contributed by atoms with van der Waals surface area (Å²) in [5.41, 5.74) is 0.917. The van der Waals surface area contributed by atoms with Crippen LogP contribution in [0.1, 0.15) is 54.9 Å². The fraction of sp³-hybridized carbons (Fsp3) is 0.400. The third-order valence-corrected chi connectivity index (χ3v) is 8.39. The Kier molecular flexibility index (Phi) is 6.84. The van der Waals surface area contributed by atoms with E-state index >= 15 is 0 Å². The molecule has 35 heavy (non-hydrogen) atoms. The number of pyridine rings is 1. The van der Waals surface area contributed by atoms with Crippen LogP contribution in [0.4, 0.5) is 5.82 Å². The lowest BCUT2D eigenvalue weighted by Crippen LogP contribution is -2.38. The lowest BCUT2D eigenvalue weighted by molar-refractivity contribution is -0.116. The maximum Gasteiger partial charge on any atom is 0.233 e. The Balaban J connectivity index is 1.41. The van der Waals surface area contributed by atoms with Crippen LogP contribution in [0.25, 0.3) is 0 Å². The predicted molar refractivity (Wildman–Crippen MR) is 131 cm³/mol. The average molecular weight is 497 g/mol. The molecule has 0 spiro atoms. The first-order chi connectivity index (χ1) is 16.7. The molecule has 0 saturated heterocycles. The zero-order chi connectivity index (χ0) is 25.2. The van der Waals surface area contributed by atoms with E-state index in [0.29, 0.717) is 52.8 Å². The lowest BCUT2D eigenvalue weighted by atomic mass is 9.71. The molecule has 184 valence electrons. The van der Waals surface area contributed by atoms with Gasteiger partial charge in [-0.25, -0.2) is 13.4 Å². The first-order valence-electron chi connectivity index (χ1n) is 11.5. The highest BCUT2D eigenvalue weighted by Crippen LogP contribution is 2.37. The molecule has 2 unspecified atom stereocenters. The summed E-state index contributed by atoms with van der Waals surface area (Å²) in [5.74, 6) is 0.431. The van der Waals surface area contributed by atoms with E-state index in [0.717, 1.165) is 0 Å². The van der Waals surface area contributed by atoms with E-state index in [-0.39, 0.29) is 29.8 Å². The van der Waals surface area contributed by atoms with Gasteiger partial charge >= 0.3 is 0 Å². The number of nitrogens with one attached hydrogen (secondary N) is 1. The summed E-state index contributed by atoms with van der Waals surface area (Å²) in [7, 11) is -1.73. The van der Waals surface area contributed by atoms with Crippen molar-refractivity contribution in [2.24, 2.45) is 5.92 Å². The van der Waals surface area contributed by atoms with Crippen molar-refractivity contribution in [2.45, 2.75) is 44.9 Å². The fourth-order valence-electron chi connectivity index (χ4n) is 4.34. The van der Waals surface area contributed by atoms with Crippen LogP contribution in [0, 0.1) is 5.92 Å². The number of rotatable bonds is 7. The van der Waals surface area contributed by atoms with E-state index in [1.54, 1.807) is 49.4 Å². The second-order valence-corrected chi connectivity index (χ2v) is 11.2. The van der Waals surface area contributed by atoms with Crippen LogP contribution in [-0.4, -0.2) is 48.2 Å². The van der Waals surface area contributed by atoms with E-state index in [1.165, 1.54) is 7.11 Å². The molecule has 0 radical (unpaired) electrons. The van der Waals surface area contributed by atoms with Gasteiger partial charge in [-0.05, 0) is 56.4 Å². The van der Waals surface area contributed by atoms with E-state index < -0.39 is 15.3 Å². The van der Waals surface area contributed by atoms with Crippen LogP contribution in [0.15, 0.2) is 47.4 Å². The van der Waals surface area contributed by atoms with Crippen LogP contribution in [-0.2, 0) is 26.5 Å². The maximum atomic E-state index is 13.3. The number of aromatic nitrogens is 3. The number of methoxy groups -OCH3 is 1. The van der Waals surface area contributed by atoms with Gasteiger partial charge in [-0.1, -0.05) is 19.1 Å². The summed E-state index contributed by atoms with van der Waals surface area (Å²) in [6, 6.07) is 6.77. The molecule has 2 aliphatic rings. The summed E-state index contributed by atoms with van der Waals surface area (Å²) in [5, 5.41) is 11.0. The van der Waals surface area contributed by atoms with Crippen LogP contribution < -0.4 is 10.1 Å². The molecule has 0 saturated carbocycles. The van der Waals surface area contributed by atoms with Gasteiger partial charge in [0.25, 0.3) is 0 Å². The molecule has 0 fully saturated rings. The minimum absolute atomic E-state index is 0.0491. The molecule has 1 amide bonds. The molecule has 0 aromatic carbocycles. The minimum Gasteiger partial charge on any atom is -0.480 e. The fourth-order valence-corrected chi connectivity index (χ4v) is 5.31. The number of amides is 1. The molecular formula is C25H28N4O5S. The third-order valence-electron chi connectivity index (χ3n) is 6.60. The van der Waals surface area contributed by atoms with Gasteiger partial charge in [0.2, 0.25) is 11.8 Å². The van der Waals surface area contributed by atoms with Gasteiger partial charge in [0.15, 0.2) is 15.6 Å². The summed E-state index contributed by atoms with van der Waals surface area (Å²) in [6.45, 7) is 3.46. The molecule has 10 heteroatoms. The summed E-state index contributed by atoms with van der Waals surface area (Å²) in [4.78, 5) is 30.7. The highest BCUT2D eigenvalue weighted by atomic mass is 32.2. The number of Topliss-reactive ketones (excluding diaryl/α,β-unsaturated/α-hetero) is 1. The Labute approximate surface area is 204 Å². The molecule has 0 aliphatic heterocycles. The minimum atomic E-state index is -3.24. The van der Waals surface area contributed by atoms with Crippen molar-refractivity contribution < 1.29 is 22.7 Å². The summed E-state index contributed by atoms with van der Waals surface area (Å²) in [6.07, 6.45) is 6.78. The molecule has 2 aliphatic carbocycles. The molecule has 2 aromatic heterocycles. The van der Waals surface area contributed by atoms with Gasteiger partial charge in [0, 0.05) is 18.1 Å². The smallest absolute Gasteiger partial charge is 0.233 e. The zero-order valence-electron chi connectivity index (χ0n) is 19.9. The van der Waals surface area contributed by atoms with E-state index in [9.17, 15) is 18.0 Å². The maximum absolute atomic E-state index is 13.3. The predicted octanol–water partition coefficient (Wildman–Crippen LogP) is 3.19. The zero-order valence-corrected chi connectivity index (χ0v) is 20.8. The number of nitrogens with zero attached hydrogens (tertiary/aromatic N) is 3. The lowest BCUT2D eigenvalue weighted by Gasteiger charge is -2.32. The number of fused-ring (bicyclic) bond motifs is 1. The Morgan fingerprint density at radius 2 is 2.03 bits per heavy atom. The standard InChI is InChI=1S/C25H28N4O5S/c1-4-35(32,33)17-7-5-16(6-8-17)15-22(30)27-21-11-9-18-19(26-21)13-14-25(2,24(18)31)20-10-12-23(34-3)29-28-20/h5,7-12,16H,4,6,13-15H2,1-3H3,(H,26,27,30). The SMILES string of the molecule is CCS(=O)(=O)C1=CCC(CC(=O)Nc2ccc3c(n2)CCC(C)(c2ccc(OC)nn2)C3=O)C=C1. The molecule has 9 nitrogen and oxygen atoms in total. The van der Waals surface area contributed by atoms with Gasteiger partial charge in [-0.15, -0.1) is 5.10 Å². The van der Waals surface area contributed by atoms with Crippen molar-refractivity contribution in [3.05, 3.63) is 64.3 Å². The molecular weight excluding hydrogens is 468 g/mol. The summed E-state index contributed by atoms with van der Waals surface area (Å²) >= 11 is 0. The highest BCUT2D eigenvalue weighted by Gasteiger charge is 2.42. The van der Waals surface area contributed by atoms with Gasteiger partial charge in [0.1, 0.15) is 5.82 Å². The molecule has 2 heterocycles. The Bertz CT molecular complexity index is 1320. The number of carbonyl (C=O) groups is 2. The number of sulfone groups is 1. The monoisotopic (exact) mass is 496 g/mol. The van der Waals surface area contributed by atoms with Gasteiger partial charge < -0.3 is 10.1 Å².